The smallest absolute Gasteiger partial charge is 0.246 e. The Morgan fingerprint density at radius 1 is 1.45 bits per heavy atom. The van der Waals surface area contributed by atoms with Crippen LogP contribution in [-0.2, 0) is 10.0 Å². The first-order valence-corrected chi connectivity index (χ1v) is 8.12. The number of aliphatic hydroxyl groups is 1. The zero-order chi connectivity index (χ0) is 14.6. The van der Waals surface area contributed by atoms with Crippen molar-refractivity contribution >= 4 is 16.0 Å². The minimum Gasteiger partial charge on any atom is -0.396 e. The van der Waals surface area contributed by atoms with Gasteiger partial charge in [0.1, 0.15) is 4.90 Å². The first-order valence-electron chi connectivity index (χ1n) is 6.68. The summed E-state index contributed by atoms with van der Waals surface area (Å²) in [5, 5.41) is 11.7. The number of nitrogens with zero attached hydrogens (tertiary/aromatic N) is 3. The summed E-state index contributed by atoms with van der Waals surface area (Å²) in [7, 11) is -1.87. The third-order valence-corrected chi connectivity index (χ3v) is 5.33. The number of aliphatic hydroxyl groups excluding tert-OH is 1. The summed E-state index contributed by atoms with van der Waals surface area (Å²) in [6, 6.07) is 0. The van der Waals surface area contributed by atoms with Gasteiger partial charge in [0, 0.05) is 26.7 Å². The molecule has 2 N–H and O–H groups in total. The Balaban J connectivity index is 2.16. The molecule has 1 unspecified atom stereocenters. The van der Waals surface area contributed by atoms with Gasteiger partial charge in [-0.25, -0.2) is 18.4 Å². The Hall–Kier alpha value is -1.25. The van der Waals surface area contributed by atoms with E-state index >= 15 is 0 Å². The van der Waals surface area contributed by atoms with Crippen LogP contribution >= 0.6 is 0 Å². The molecule has 0 bridgehead atoms. The molecule has 1 aliphatic heterocycles. The van der Waals surface area contributed by atoms with E-state index in [0.717, 1.165) is 12.8 Å². The van der Waals surface area contributed by atoms with E-state index in [4.69, 9.17) is 5.11 Å². The molecule has 0 spiro atoms. The number of sulfonamides is 1. The molecule has 2 rings (SSSR count). The third kappa shape index (κ3) is 3.25. The second-order valence-corrected chi connectivity index (χ2v) is 6.81. The maximum atomic E-state index is 12.5. The Kier molecular flexibility index (Phi) is 4.90. The SMILES string of the molecule is CNc1ncc(S(=O)(=O)N2CCCC(CCO)C2)cn1. The molecule has 1 aromatic heterocycles. The number of hydrogen-bond acceptors (Lipinski definition) is 6. The van der Waals surface area contributed by atoms with Crippen LogP contribution in [0, 0.1) is 5.92 Å². The van der Waals surface area contributed by atoms with Crippen molar-refractivity contribution in [2.45, 2.75) is 24.2 Å². The highest BCUT2D eigenvalue weighted by Crippen LogP contribution is 2.24. The van der Waals surface area contributed by atoms with Crippen molar-refractivity contribution in [3.8, 4) is 0 Å². The zero-order valence-corrected chi connectivity index (χ0v) is 12.3. The van der Waals surface area contributed by atoms with Crippen LogP contribution in [0.1, 0.15) is 19.3 Å². The van der Waals surface area contributed by atoms with Crippen molar-refractivity contribution < 1.29 is 13.5 Å². The largest absolute Gasteiger partial charge is 0.396 e. The monoisotopic (exact) mass is 300 g/mol. The van der Waals surface area contributed by atoms with Crippen LogP contribution in [0.5, 0.6) is 0 Å². The highest BCUT2D eigenvalue weighted by atomic mass is 32.2. The highest BCUT2D eigenvalue weighted by Gasteiger charge is 2.30. The summed E-state index contributed by atoms with van der Waals surface area (Å²) >= 11 is 0. The van der Waals surface area contributed by atoms with Gasteiger partial charge in [0.15, 0.2) is 0 Å². The number of nitrogens with one attached hydrogen (secondary N) is 1. The minimum absolute atomic E-state index is 0.0958. The van der Waals surface area contributed by atoms with E-state index in [1.165, 1.54) is 16.7 Å². The van der Waals surface area contributed by atoms with Crippen LogP contribution in [0.15, 0.2) is 17.3 Å². The van der Waals surface area contributed by atoms with E-state index in [-0.39, 0.29) is 17.4 Å². The van der Waals surface area contributed by atoms with E-state index in [9.17, 15) is 8.42 Å². The van der Waals surface area contributed by atoms with Gasteiger partial charge in [-0.15, -0.1) is 0 Å². The second-order valence-electron chi connectivity index (χ2n) is 4.88. The number of anilines is 1. The molecule has 1 aliphatic rings. The molecule has 0 aliphatic carbocycles. The van der Waals surface area contributed by atoms with Gasteiger partial charge in [0.2, 0.25) is 16.0 Å². The lowest BCUT2D eigenvalue weighted by atomic mass is 9.97. The Bertz CT molecular complexity index is 530. The number of hydrogen-bond donors (Lipinski definition) is 2. The average molecular weight is 300 g/mol. The molecule has 20 heavy (non-hydrogen) atoms. The van der Waals surface area contributed by atoms with E-state index in [2.05, 4.69) is 15.3 Å². The van der Waals surface area contributed by atoms with Gasteiger partial charge in [-0.3, -0.25) is 0 Å². The predicted molar refractivity (Wildman–Crippen MR) is 74.8 cm³/mol. The van der Waals surface area contributed by atoms with Crippen molar-refractivity contribution in [3.63, 3.8) is 0 Å². The van der Waals surface area contributed by atoms with Gasteiger partial charge in [-0.1, -0.05) is 0 Å². The molecule has 0 amide bonds. The van der Waals surface area contributed by atoms with E-state index in [1.54, 1.807) is 7.05 Å². The van der Waals surface area contributed by atoms with E-state index in [1.807, 2.05) is 0 Å². The molecule has 1 aromatic rings. The predicted octanol–water partition coefficient (Wildman–Crippen LogP) is 0.301. The molecule has 112 valence electrons. The number of rotatable bonds is 5. The summed E-state index contributed by atoms with van der Waals surface area (Å²) in [6.07, 6.45) is 5.07. The van der Waals surface area contributed by atoms with Crippen LogP contribution in [0.2, 0.25) is 0 Å². The average Bonchev–Trinajstić information content (AvgIpc) is 2.48. The lowest BCUT2D eigenvalue weighted by Crippen LogP contribution is -2.40. The molecule has 1 fully saturated rings. The van der Waals surface area contributed by atoms with Gasteiger partial charge in [-0.05, 0) is 25.2 Å². The number of piperidine rings is 1. The lowest BCUT2D eigenvalue weighted by Gasteiger charge is -2.31. The van der Waals surface area contributed by atoms with Gasteiger partial charge in [-0.2, -0.15) is 4.31 Å². The fourth-order valence-corrected chi connectivity index (χ4v) is 3.84. The maximum Gasteiger partial charge on any atom is 0.246 e. The van der Waals surface area contributed by atoms with Crippen molar-refractivity contribution in [1.82, 2.24) is 14.3 Å². The Labute approximate surface area is 119 Å². The molecular formula is C12H20N4O3S. The third-order valence-electron chi connectivity index (χ3n) is 3.51. The quantitative estimate of drug-likeness (QED) is 0.812. The van der Waals surface area contributed by atoms with Crippen molar-refractivity contribution in [3.05, 3.63) is 12.4 Å². The molecule has 1 atom stereocenters. The van der Waals surface area contributed by atoms with Crippen LogP contribution in [0.25, 0.3) is 0 Å². The fourth-order valence-electron chi connectivity index (χ4n) is 2.39. The van der Waals surface area contributed by atoms with Crippen LogP contribution in [-0.4, -0.2) is 54.5 Å². The van der Waals surface area contributed by atoms with Gasteiger partial charge in [0.25, 0.3) is 0 Å². The molecule has 7 nitrogen and oxygen atoms in total. The summed E-state index contributed by atoms with van der Waals surface area (Å²) in [6.45, 7) is 1.06. The van der Waals surface area contributed by atoms with Crippen molar-refractivity contribution in [1.29, 1.82) is 0 Å². The standard InChI is InChI=1S/C12H20N4O3S/c1-13-12-14-7-11(8-15-12)20(18,19)16-5-2-3-10(9-16)4-6-17/h7-8,10,17H,2-6,9H2,1H3,(H,13,14,15). The van der Waals surface area contributed by atoms with Gasteiger partial charge < -0.3 is 10.4 Å². The number of aromatic nitrogens is 2. The molecule has 0 aromatic carbocycles. The van der Waals surface area contributed by atoms with Crippen LogP contribution in [0.3, 0.4) is 0 Å². The molecular weight excluding hydrogens is 280 g/mol. The van der Waals surface area contributed by atoms with Crippen LogP contribution < -0.4 is 5.32 Å². The van der Waals surface area contributed by atoms with Gasteiger partial charge in [0.05, 0.1) is 12.4 Å². The molecule has 8 heteroatoms. The molecule has 1 saturated heterocycles. The summed E-state index contributed by atoms with van der Waals surface area (Å²) in [5.74, 6) is 0.613. The van der Waals surface area contributed by atoms with E-state index < -0.39 is 10.0 Å². The fraction of sp³-hybridized carbons (Fsp3) is 0.667. The molecule has 2 heterocycles. The highest BCUT2D eigenvalue weighted by molar-refractivity contribution is 7.89. The minimum atomic E-state index is -3.54. The lowest BCUT2D eigenvalue weighted by molar-refractivity contribution is 0.203. The molecule has 0 radical (unpaired) electrons. The Morgan fingerprint density at radius 3 is 2.75 bits per heavy atom. The Morgan fingerprint density at radius 2 is 2.15 bits per heavy atom. The summed E-state index contributed by atoms with van der Waals surface area (Å²) in [4.78, 5) is 8.00. The maximum absolute atomic E-state index is 12.5. The van der Waals surface area contributed by atoms with Gasteiger partial charge >= 0.3 is 0 Å². The van der Waals surface area contributed by atoms with E-state index in [0.29, 0.717) is 25.5 Å². The molecule has 0 saturated carbocycles. The van der Waals surface area contributed by atoms with Crippen molar-refractivity contribution in [2.75, 3.05) is 32.1 Å². The summed E-state index contributed by atoms with van der Waals surface area (Å²) in [5.41, 5.74) is 0. The van der Waals surface area contributed by atoms with Crippen LogP contribution in [0.4, 0.5) is 5.95 Å². The van der Waals surface area contributed by atoms with Crippen molar-refractivity contribution in [2.24, 2.45) is 5.92 Å². The topological polar surface area (TPSA) is 95.4 Å². The second kappa shape index (κ2) is 6.47. The normalized spacial score (nSPS) is 20.8. The first-order chi connectivity index (χ1) is 9.57. The summed E-state index contributed by atoms with van der Waals surface area (Å²) < 4.78 is 26.5. The zero-order valence-electron chi connectivity index (χ0n) is 11.5. The first kappa shape index (κ1) is 15.1.